The van der Waals surface area contributed by atoms with Gasteiger partial charge in [-0.3, -0.25) is 0 Å². The van der Waals surface area contributed by atoms with Crippen molar-refractivity contribution in [2.24, 2.45) is 0 Å². The summed E-state index contributed by atoms with van der Waals surface area (Å²) in [5.41, 5.74) is 3.22. The molecule has 0 aliphatic carbocycles. The summed E-state index contributed by atoms with van der Waals surface area (Å²) >= 11 is 3.45. The molecule has 0 heterocycles. The van der Waals surface area contributed by atoms with Crippen LogP contribution >= 0.6 is 15.9 Å². The van der Waals surface area contributed by atoms with E-state index in [-0.39, 0.29) is 12.0 Å². The van der Waals surface area contributed by atoms with E-state index in [0.717, 1.165) is 21.5 Å². The minimum atomic E-state index is 0.0124. The van der Waals surface area contributed by atoms with Crippen LogP contribution in [0.3, 0.4) is 0 Å². The van der Waals surface area contributed by atoms with Crippen molar-refractivity contribution in [3.63, 3.8) is 0 Å². The van der Waals surface area contributed by atoms with E-state index in [1.807, 2.05) is 18.2 Å². The van der Waals surface area contributed by atoms with Gasteiger partial charge in [0.05, 0.1) is 6.61 Å². The minimum Gasteiger partial charge on any atom is -0.457 e. The molecule has 2 nitrogen and oxygen atoms in total. The SMILES string of the molecule is Cc1ccc(C(C)(C)C)c(Oc2ccc(CO)c(Br)c2)c1. The molecule has 0 spiro atoms. The van der Waals surface area contributed by atoms with Crippen molar-refractivity contribution < 1.29 is 9.84 Å². The number of ether oxygens (including phenoxy) is 1. The van der Waals surface area contributed by atoms with Crippen LogP contribution in [0, 0.1) is 6.92 Å². The first kappa shape index (κ1) is 16.1. The molecule has 0 aliphatic heterocycles. The van der Waals surface area contributed by atoms with Gasteiger partial charge >= 0.3 is 0 Å². The topological polar surface area (TPSA) is 29.5 Å². The van der Waals surface area contributed by atoms with E-state index in [1.165, 1.54) is 11.1 Å². The van der Waals surface area contributed by atoms with E-state index in [9.17, 15) is 5.11 Å². The van der Waals surface area contributed by atoms with Gasteiger partial charge in [-0.2, -0.15) is 0 Å². The van der Waals surface area contributed by atoms with Crippen molar-refractivity contribution in [1.29, 1.82) is 0 Å². The molecule has 0 amide bonds. The molecule has 21 heavy (non-hydrogen) atoms. The maximum absolute atomic E-state index is 9.22. The summed E-state index contributed by atoms with van der Waals surface area (Å²) < 4.78 is 6.94. The molecule has 0 aliphatic rings. The van der Waals surface area contributed by atoms with Gasteiger partial charge in [-0.1, -0.05) is 54.9 Å². The molecule has 2 rings (SSSR count). The maximum Gasteiger partial charge on any atom is 0.131 e. The zero-order valence-electron chi connectivity index (χ0n) is 12.9. The zero-order chi connectivity index (χ0) is 15.6. The number of benzene rings is 2. The lowest BCUT2D eigenvalue weighted by atomic mass is 9.86. The summed E-state index contributed by atoms with van der Waals surface area (Å²) in [6, 6.07) is 11.9. The van der Waals surface area contributed by atoms with Crippen LogP contribution < -0.4 is 4.74 Å². The zero-order valence-corrected chi connectivity index (χ0v) is 14.5. The van der Waals surface area contributed by atoms with Crippen LogP contribution in [0.1, 0.15) is 37.5 Å². The fourth-order valence-electron chi connectivity index (χ4n) is 2.18. The monoisotopic (exact) mass is 348 g/mol. The highest BCUT2D eigenvalue weighted by molar-refractivity contribution is 9.10. The van der Waals surface area contributed by atoms with Crippen LogP contribution in [0.2, 0.25) is 0 Å². The summed E-state index contributed by atoms with van der Waals surface area (Å²) in [5.74, 6) is 1.64. The number of rotatable bonds is 3. The van der Waals surface area contributed by atoms with Gasteiger partial charge in [-0.05, 0) is 41.7 Å². The van der Waals surface area contributed by atoms with Crippen LogP contribution in [0.25, 0.3) is 0 Å². The predicted octanol–water partition coefficient (Wildman–Crippen LogP) is 5.34. The molecule has 0 aromatic heterocycles. The number of hydrogen-bond acceptors (Lipinski definition) is 2. The van der Waals surface area contributed by atoms with Crippen LogP contribution in [-0.4, -0.2) is 5.11 Å². The number of halogens is 1. The fourth-order valence-corrected chi connectivity index (χ4v) is 2.66. The van der Waals surface area contributed by atoms with E-state index in [1.54, 1.807) is 0 Å². The second-order valence-corrected chi connectivity index (χ2v) is 7.12. The standard InChI is InChI=1S/C18H21BrO2/c1-12-5-8-15(18(2,3)4)17(9-12)21-14-7-6-13(11-20)16(19)10-14/h5-10,20H,11H2,1-4H3. The second kappa shape index (κ2) is 6.20. The smallest absolute Gasteiger partial charge is 0.131 e. The molecule has 0 saturated heterocycles. The van der Waals surface area contributed by atoms with Gasteiger partial charge in [0, 0.05) is 10.0 Å². The van der Waals surface area contributed by atoms with E-state index < -0.39 is 0 Å². The van der Waals surface area contributed by atoms with Crippen LogP contribution in [-0.2, 0) is 12.0 Å². The average Bonchev–Trinajstić information content (AvgIpc) is 2.37. The predicted molar refractivity (Wildman–Crippen MR) is 90.0 cm³/mol. The molecular formula is C18H21BrO2. The van der Waals surface area contributed by atoms with Crippen molar-refractivity contribution in [2.45, 2.75) is 39.7 Å². The highest BCUT2D eigenvalue weighted by Gasteiger charge is 2.19. The third-order valence-electron chi connectivity index (χ3n) is 3.37. The van der Waals surface area contributed by atoms with Gasteiger partial charge < -0.3 is 9.84 Å². The van der Waals surface area contributed by atoms with Crippen LogP contribution in [0.5, 0.6) is 11.5 Å². The number of hydrogen-bond donors (Lipinski definition) is 1. The first-order chi connectivity index (χ1) is 9.81. The van der Waals surface area contributed by atoms with E-state index in [4.69, 9.17) is 4.74 Å². The molecular weight excluding hydrogens is 328 g/mol. The Labute approximate surface area is 134 Å². The maximum atomic E-state index is 9.22. The molecule has 2 aromatic rings. The summed E-state index contributed by atoms with van der Waals surface area (Å²) in [5, 5.41) is 9.22. The summed E-state index contributed by atoms with van der Waals surface area (Å²) in [7, 11) is 0. The molecule has 0 saturated carbocycles. The molecule has 0 fully saturated rings. The van der Waals surface area contributed by atoms with E-state index >= 15 is 0 Å². The molecule has 0 unspecified atom stereocenters. The summed E-state index contributed by atoms with van der Waals surface area (Å²) in [6.07, 6.45) is 0. The van der Waals surface area contributed by atoms with Gasteiger partial charge in [0.25, 0.3) is 0 Å². The van der Waals surface area contributed by atoms with Crippen molar-refractivity contribution in [2.75, 3.05) is 0 Å². The largest absolute Gasteiger partial charge is 0.457 e. The van der Waals surface area contributed by atoms with E-state index in [0.29, 0.717) is 0 Å². The van der Waals surface area contributed by atoms with Gasteiger partial charge in [0.15, 0.2) is 0 Å². The Bertz CT molecular complexity index is 642. The first-order valence-electron chi connectivity index (χ1n) is 6.99. The lowest BCUT2D eigenvalue weighted by Gasteiger charge is -2.23. The minimum absolute atomic E-state index is 0.0124. The highest BCUT2D eigenvalue weighted by atomic mass is 79.9. The van der Waals surface area contributed by atoms with Gasteiger partial charge in [0.2, 0.25) is 0 Å². The molecule has 0 radical (unpaired) electrons. The molecule has 2 aromatic carbocycles. The van der Waals surface area contributed by atoms with Crippen molar-refractivity contribution in [1.82, 2.24) is 0 Å². The van der Waals surface area contributed by atoms with Crippen molar-refractivity contribution in [3.05, 3.63) is 57.6 Å². The number of aryl methyl sites for hydroxylation is 1. The van der Waals surface area contributed by atoms with Gasteiger partial charge in [0.1, 0.15) is 11.5 Å². The lowest BCUT2D eigenvalue weighted by Crippen LogP contribution is -2.12. The second-order valence-electron chi connectivity index (χ2n) is 6.26. The molecule has 1 N–H and O–H groups in total. The Balaban J connectivity index is 2.39. The quantitative estimate of drug-likeness (QED) is 0.811. The Morgan fingerprint density at radius 1 is 1.10 bits per heavy atom. The van der Waals surface area contributed by atoms with Crippen molar-refractivity contribution >= 4 is 15.9 Å². The molecule has 3 heteroatoms. The average molecular weight is 349 g/mol. The third-order valence-corrected chi connectivity index (χ3v) is 4.11. The first-order valence-corrected chi connectivity index (χ1v) is 7.79. The van der Waals surface area contributed by atoms with Crippen molar-refractivity contribution in [3.8, 4) is 11.5 Å². The Kier molecular flexibility index (Phi) is 4.74. The van der Waals surface area contributed by atoms with E-state index in [2.05, 4.69) is 61.8 Å². The molecule has 0 atom stereocenters. The van der Waals surface area contributed by atoms with Crippen LogP contribution in [0.15, 0.2) is 40.9 Å². The Morgan fingerprint density at radius 2 is 1.81 bits per heavy atom. The number of aliphatic hydroxyl groups excluding tert-OH is 1. The lowest BCUT2D eigenvalue weighted by molar-refractivity contribution is 0.281. The molecule has 112 valence electrons. The normalized spacial score (nSPS) is 11.5. The van der Waals surface area contributed by atoms with Crippen LogP contribution in [0.4, 0.5) is 0 Å². The fraction of sp³-hybridized carbons (Fsp3) is 0.333. The third kappa shape index (κ3) is 3.86. The Morgan fingerprint density at radius 3 is 2.38 bits per heavy atom. The molecule has 0 bridgehead atoms. The number of aliphatic hydroxyl groups is 1. The van der Waals surface area contributed by atoms with Gasteiger partial charge in [-0.25, -0.2) is 0 Å². The summed E-state index contributed by atoms with van der Waals surface area (Å²) in [6.45, 7) is 8.60. The van der Waals surface area contributed by atoms with Gasteiger partial charge in [-0.15, -0.1) is 0 Å². The Hall–Kier alpha value is -1.32. The summed E-state index contributed by atoms with van der Waals surface area (Å²) in [4.78, 5) is 0. The highest BCUT2D eigenvalue weighted by Crippen LogP contribution is 2.35.